The van der Waals surface area contributed by atoms with Crippen LogP contribution < -0.4 is 0 Å². The first-order valence-electron chi connectivity index (χ1n) is 5.63. The van der Waals surface area contributed by atoms with Crippen molar-refractivity contribution in [3.05, 3.63) is 30.1 Å². The van der Waals surface area contributed by atoms with Crippen LogP contribution in [0.15, 0.2) is 24.5 Å². The highest BCUT2D eigenvalue weighted by Gasteiger charge is 2.45. The highest BCUT2D eigenvalue weighted by Crippen LogP contribution is 2.49. The van der Waals surface area contributed by atoms with Gasteiger partial charge in [0.15, 0.2) is 0 Å². The normalized spacial score (nSPS) is 39.3. The van der Waals surface area contributed by atoms with E-state index in [4.69, 9.17) is 0 Å². The Labute approximate surface area is 104 Å². The van der Waals surface area contributed by atoms with Crippen molar-refractivity contribution < 1.29 is 0 Å². The Morgan fingerprint density at radius 2 is 2.20 bits per heavy atom. The van der Waals surface area contributed by atoms with Gasteiger partial charge in [-0.15, -0.1) is 0 Å². The molecule has 3 fully saturated rings. The first-order valence-corrected chi connectivity index (χ1v) is 6.71. The van der Waals surface area contributed by atoms with Gasteiger partial charge in [-0.25, -0.2) is 0 Å². The van der Waals surface area contributed by atoms with Crippen LogP contribution in [0.25, 0.3) is 0 Å². The monoisotopic (exact) mass is 314 g/mol. The predicted molar refractivity (Wildman–Crippen MR) is 68.8 cm³/mol. The highest BCUT2D eigenvalue weighted by atomic mass is 127. The second kappa shape index (κ2) is 3.70. The van der Waals surface area contributed by atoms with Gasteiger partial charge in [-0.1, -0.05) is 28.7 Å². The van der Waals surface area contributed by atoms with E-state index in [1.54, 1.807) is 0 Å². The molecule has 80 valence electrons. The third-order valence-corrected chi connectivity index (χ3v) is 5.52. The lowest BCUT2D eigenvalue weighted by Crippen LogP contribution is -2.52. The molecule has 3 aliphatic heterocycles. The second-order valence-electron chi connectivity index (χ2n) is 4.64. The molecule has 0 spiro atoms. The molecule has 2 nitrogen and oxygen atoms in total. The molecule has 1 atom stereocenters. The fraction of sp³-hybridized carbons (Fsp3) is 0.583. The Kier molecular flexibility index (Phi) is 2.47. The van der Waals surface area contributed by atoms with Crippen molar-refractivity contribution in [3.63, 3.8) is 0 Å². The summed E-state index contributed by atoms with van der Waals surface area (Å²) in [6.45, 7) is 2.53. The molecule has 2 bridgehead atoms. The zero-order valence-electron chi connectivity index (χ0n) is 8.69. The zero-order chi connectivity index (χ0) is 10.3. The van der Waals surface area contributed by atoms with Crippen molar-refractivity contribution in [2.45, 2.75) is 22.8 Å². The number of nitrogens with zero attached hydrogens (tertiary/aromatic N) is 2. The summed E-state index contributed by atoms with van der Waals surface area (Å²) < 4.78 is 0.229. The molecule has 1 aromatic rings. The minimum absolute atomic E-state index is 0.229. The zero-order valence-corrected chi connectivity index (χ0v) is 10.9. The van der Waals surface area contributed by atoms with Crippen LogP contribution in [0.3, 0.4) is 0 Å². The Balaban J connectivity index is 1.97. The van der Waals surface area contributed by atoms with Crippen LogP contribution in [0.1, 0.15) is 24.8 Å². The third kappa shape index (κ3) is 1.60. The molecule has 0 saturated carbocycles. The number of rotatable bonds is 1. The number of pyridine rings is 1. The van der Waals surface area contributed by atoms with Crippen molar-refractivity contribution in [1.29, 1.82) is 0 Å². The second-order valence-corrected chi connectivity index (χ2v) is 6.42. The SMILES string of the molecule is IC1(c2cccnc2)CC2CCN1CC2. The van der Waals surface area contributed by atoms with Gasteiger partial charge in [0, 0.05) is 18.0 Å². The van der Waals surface area contributed by atoms with Crippen LogP contribution in [0.4, 0.5) is 0 Å². The van der Waals surface area contributed by atoms with E-state index in [2.05, 4.69) is 44.6 Å². The van der Waals surface area contributed by atoms with E-state index < -0.39 is 0 Å². The van der Waals surface area contributed by atoms with Crippen molar-refractivity contribution in [1.82, 2.24) is 9.88 Å². The summed E-state index contributed by atoms with van der Waals surface area (Å²) in [6.07, 6.45) is 7.99. The summed E-state index contributed by atoms with van der Waals surface area (Å²) in [6, 6.07) is 4.28. The molecule has 0 aliphatic carbocycles. The van der Waals surface area contributed by atoms with Crippen molar-refractivity contribution in [2.24, 2.45) is 5.92 Å². The van der Waals surface area contributed by atoms with E-state index in [1.165, 1.54) is 37.9 Å². The third-order valence-electron chi connectivity index (χ3n) is 3.78. The van der Waals surface area contributed by atoms with Crippen LogP contribution in [-0.4, -0.2) is 23.0 Å². The molecule has 0 aromatic carbocycles. The van der Waals surface area contributed by atoms with Gasteiger partial charge in [0.25, 0.3) is 0 Å². The Hall–Kier alpha value is -0.160. The molecule has 3 aliphatic rings. The molecule has 1 aromatic heterocycles. The molecular formula is C12H15IN2. The standard InChI is InChI=1S/C12H15IN2/c13-12(11-2-1-5-14-9-11)8-10-3-6-15(12)7-4-10/h1-2,5,9-10H,3-4,6-8H2. The van der Waals surface area contributed by atoms with E-state index in [1.807, 2.05) is 12.4 Å². The van der Waals surface area contributed by atoms with Gasteiger partial charge in [0.05, 0.1) is 0 Å². The number of fused-ring (bicyclic) bond motifs is 3. The van der Waals surface area contributed by atoms with Gasteiger partial charge in [-0.05, 0) is 44.3 Å². The molecule has 3 saturated heterocycles. The number of alkyl halides is 1. The van der Waals surface area contributed by atoms with Gasteiger partial charge >= 0.3 is 0 Å². The fourth-order valence-corrected chi connectivity index (χ4v) is 4.32. The lowest BCUT2D eigenvalue weighted by atomic mass is 9.81. The number of aromatic nitrogens is 1. The summed E-state index contributed by atoms with van der Waals surface area (Å²) in [4.78, 5) is 6.89. The van der Waals surface area contributed by atoms with Crippen molar-refractivity contribution in [2.75, 3.05) is 13.1 Å². The molecule has 15 heavy (non-hydrogen) atoms. The maximum atomic E-state index is 4.26. The fourth-order valence-electron chi connectivity index (χ4n) is 2.89. The summed E-state index contributed by atoms with van der Waals surface area (Å²) >= 11 is 2.63. The Bertz CT molecular complexity index is 346. The number of halogens is 1. The highest BCUT2D eigenvalue weighted by molar-refractivity contribution is 14.1. The first-order chi connectivity index (χ1) is 7.29. The predicted octanol–water partition coefficient (Wildman–Crippen LogP) is 2.79. The summed E-state index contributed by atoms with van der Waals surface area (Å²) in [5, 5.41) is 0. The molecule has 0 N–H and O–H groups in total. The van der Waals surface area contributed by atoms with Crippen LogP contribution in [0, 0.1) is 5.92 Å². The van der Waals surface area contributed by atoms with E-state index in [-0.39, 0.29) is 3.55 Å². The average molecular weight is 314 g/mol. The van der Waals surface area contributed by atoms with Crippen molar-refractivity contribution in [3.8, 4) is 0 Å². The summed E-state index contributed by atoms with van der Waals surface area (Å²) in [5.74, 6) is 0.937. The summed E-state index contributed by atoms with van der Waals surface area (Å²) in [7, 11) is 0. The van der Waals surface area contributed by atoms with Gasteiger partial charge in [0.2, 0.25) is 0 Å². The average Bonchev–Trinajstić information content (AvgIpc) is 2.31. The van der Waals surface area contributed by atoms with E-state index in [0.717, 1.165) is 5.92 Å². The lowest BCUT2D eigenvalue weighted by Gasteiger charge is -2.51. The van der Waals surface area contributed by atoms with Crippen LogP contribution >= 0.6 is 22.6 Å². The van der Waals surface area contributed by atoms with Gasteiger partial charge in [0.1, 0.15) is 3.55 Å². The van der Waals surface area contributed by atoms with Gasteiger partial charge < -0.3 is 0 Å². The smallest absolute Gasteiger partial charge is 0.100 e. The van der Waals surface area contributed by atoms with Crippen molar-refractivity contribution >= 4 is 22.6 Å². The number of hydrogen-bond donors (Lipinski definition) is 0. The van der Waals surface area contributed by atoms with Gasteiger partial charge in [-0.2, -0.15) is 0 Å². The maximum Gasteiger partial charge on any atom is 0.100 e. The minimum atomic E-state index is 0.229. The van der Waals surface area contributed by atoms with Crippen LogP contribution in [0.5, 0.6) is 0 Å². The van der Waals surface area contributed by atoms with E-state index in [9.17, 15) is 0 Å². The number of piperidine rings is 3. The first kappa shape index (κ1) is 10.0. The topological polar surface area (TPSA) is 16.1 Å². The Morgan fingerprint density at radius 3 is 2.73 bits per heavy atom. The summed E-state index contributed by atoms with van der Waals surface area (Å²) in [5.41, 5.74) is 1.38. The van der Waals surface area contributed by atoms with Crippen LogP contribution in [-0.2, 0) is 3.55 Å². The molecule has 4 heterocycles. The molecule has 1 unspecified atom stereocenters. The maximum absolute atomic E-state index is 4.26. The molecule has 4 rings (SSSR count). The van der Waals surface area contributed by atoms with Crippen LogP contribution in [0.2, 0.25) is 0 Å². The van der Waals surface area contributed by atoms with Gasteiger partial charge in [-0.3, -0.25) is 9.88 Å². The Morgan fingerprint density at radius 1 is 1.40 bits per heavy atom. The molecular weight excluding hydrogens is 299 g/mol. The van der Waals surface area contributed by atoms with E-state index >= 15 is 0 Å². The molecule has 0 amide bonds. The lowest BCUT2D eigenvalue weighted by molar-refractivity contribution is 0.0370. The largest absolute Gasteiger partial charge is 0.285 e. The quantitative estimate of drug-likeness (QED) is 0.450. The number of hydrogen-bond acceptors (Lipinski definition) is 2. The molecule has 3 heteroatoms. The molecule has 0 radical (unpaired) electrons. The van der Waals surface area contributed by atoms with E-state index in [0.29, 0.717) is 0 Å². The minimum Gasteiger partial charge on any atom is -0.285 e.